The Morgan fingerprint density at radius 3 is 2.47 bits per heavy atom. The third kappa shape index (κ3) is 4.29. The number of carbonyl (C=O) groups is 1. The van der Waals surface area contributed by atoms with Crippen LogP contribution in [0.2, 0.25) is 0 Å². The first-order chi connectivity index (χ1) is 17.2. The number of hydrogen-bond donors (Lipinski definition) is 3. The molecule has 3 aromatic heterocycles. The van der Waals surface area contributed by atoms with E-state index in [1.165, 1.54) is 12.7 Å². The van der Waals surface area contributed by atoms with Crippen LogP contribution in [-0.4, -0.2) is 25.6 Å². The van der Waals surface area contributed by atoms with Gasteiger partial charge in [-0.3, -0.25) is 0 Å². The molecule has 36 heavy (non-hydrogen) atoms. The quantitative estimate of drug-likeness (QED) is 0.284. The van der Waals surface area contributed by atoms with E-state index in [4.69, 9.17) is 10.2 Å². The van der Waals surface area contributed by atoms with Crippen LogP contribution in [-0.2, 0) is 6.18 Å². The third-order valence-corrected chi connectivity index (χ3v) is 5.26. The highest BCUT2D eigenvalue weighted by Crippen LogP contribution is 2.38. The number of alkyl halides is 3. The van der Waals surface area contributed by atoms with Crippen molar-refractivity contribution in [2.45, 2.75) is 6.18 Å². The summed E-state index contributed by atoms with van der Waals surface area (Å²) in [5.41, 5.74) is 7.33. The lowest BCUT2D eigenvalue weighted by Crippen LogP contribution is -2.20. The van der Waals surface area contributed by atoms with Gasteiger partial charge >= 0.3 is 12.2 Å². The fraction of sp³-hybridized carbons (Fsp3) is 0.0435. The first-order valence-electron chi connectivity index (χ1n) is 10.3. The minimum atomic E-state index is -4.89. The molecule has 0 saturated heterocycles. The zero-order valence-corrected chi connectivity index (χ0v) is 18.0. The molecular formula is C23H15F4N7O2. The van der Waals surface area contributed by atoms with Crippen molar-refractivity contribution in [1.82, 2.24) is 19.6 Å². The van der Waals surface area contributed by atoms with Gasteiger partial charge in [0.2, 0.25) is 0 Å². The molecule has 0 spiro atoms. The Kier molecular flexibility index (Phi) is 5.51. The number of oxazole rings is 1. The number of urea groups is 1. The van der Waals surface area contributed by atoms with Gasteiger partial charge in [0.05, 0.1) is 11.8 Å². The number of hydrogen-bond acceptors (Lipinski definition) is 6. The molecule has 4 N–H and O–H groups in total. The molecule has 9 nitrogen and oxygen atoms in total. The van der Waals surface area contributed by atoms with Crippen molar-refractivity contribution in [3.05, 3.63) is 79.0 Å². The second-order valence-corrected chi connectivity index (χ2v) is 7.57. The van der Waals surface area contributed by atoms with Crippen molar-refractivity contribution < 1.29 is 26.8 Å². The van der Waals surface area contributed by atoms with Crippen molar-refractivity contribution in [2.75, 3.05) is 16.4 Å². The molecule has 0 fully saturated rings. The maximum absolute atomic E-state index is 13.5. The summed E-state index contributed by atoms with van der Waals surface area (Å²) in [7, 11) is 0. The molecule has 182 valence electrons. The Hall–Kier alpha value is -4.94. The van der Waals surface area contributed by atoms with Crippen LogP contribution in [0.3, 0.4) is 0 Å². The minimum absolute atomic E-state index is 0.217. The summed E-state index contributed by atoms with van der Waals surface area (Å²) in [5, 5.41) is 8.96. The van der Waals surface area contributed by atoms with E-state index in [-0.39, 0.29) is 11.5 Å². The summed E-state index contributed by atoms with van der Waals surface area (Å²) in [6, 6.07) is 7.97. The van der Waals surface area contributed by atoms with Crippen molar-refractivity contribution in [2.24, 2.45) is 0 Å². The highest BCUT2D eigenvalue weighted by molar-refractivity contribution is 6.01. The average molecular weight is 497 g/mol. The number of nitrogens with two attached hydrogens (primary N) is 1. The van der Waals surface area contributed by atoms with Crippen LogP contribution >= 0.6 is 0 Å². The van der Waals surface area contributed by atoms with Crippen LogP contribution in [0, 0.1) is 5.82 Å². The molecule has 5 rings (SSSR count). The maximum Gasteiger partial charge on any atom is 0.419 e. The van der Waals surface area contributed by atoms with E-state index in [0.717, 1.165) is 6.07 Å². The molecule has 0 unspecified atom stereocenters. The van der Waals surface area contributed by atoms with Gasteiger partial charge < -0.3 is 20.8 Å². The number of aromatic nitrogens is 4. The largest absolute Gasteiger partial charge is 0.443 e. The molecule has 2 aromatic carbocycles. The Morgan fingerprint density at radius 2 is 1.78 bits per heavy atom. The van der Waals surface area contributed by atoms with Gasteiger partial charge in [-0.15, -0.1) is 0 Å². The number of benzene rings is 2. The highest BCUT2D eigenvalue weighted by Gasteiger charge is 2.34. The lowest BCUT2D eigenvalue weighted by atomic mass is 10.0. The number of fused-ring (bicyclic) bond motifs is 1. The Balaban J connectivity index is 1.40. The SMILES string of the molecule is Nc1ncnn2cc(-c3cnco3)c(-c3ccc(NC(=O)Nc4ccc(F)c(C(F)(F)F)c4)cc3)c12. The van der Waals surface area contributed by atoms with Crippen LogP contribution in [0.25, 0.3) is 28.0 Å². The van der Waals surface area contributed by atoms with Gasteiger partial charge in [0, 0.05) is 28.7 Å². The molecule has 0 atom stereocenters. The van der Waals surface area contributed by atoms with E-state index in [9.17, 15) is 22.4 Å². The standard InChI is InChI=1S/C23H15F4N7O2/c24-17-6-5-14(7-16(17)23(25,26)27)33-22(35)32-13-3-1-12(2-4-13)19-15(18-8-29-11-36-18)9-34-20(19)21(28)30-10-31-34/h1-11H,(H2,28,30,31)(H2,32,33,35). The predicted octanol–water partition coefficient (Wildman–Crippen LogP) is 5.44. The van der Waals surface area contributed by atoms with Gasteiger partial charge in [0.15, 0.2) is 18.0 Å². The molecule has 0 radical (unpaired) electrons. The third-order valence-electron chi connectivity index (χ3n) is 5.26. The molecule has 0 saturated carbocycles. The zero-order chi connectivity index (χ0) is 25.4. The lowest BCUT2D eigenvalue weighted by molar-refractivity contribution is -0.139. The molecule has 5 aromatic rings. The summed E-state index contributed by atoms with van der Waals surface area (Å²) in [5.74, 6) is -0.711. The highest BCUT2D eigenvalue weighted by atomic mass is 19.4. The number of nitrogens with one attached hydrogen (secondary N) is 2. The number of nitrogens with zero attached hydrogens (tertiary/aromatic N) is 4. The molecule has 13 heteroatoms. The number of rotatable bonds is 4. The maximum atomic E-state index is 13.5. The molecule has 0 aliphatic rings. The van der Waals surface area contributed by atoms with E-state index in [1.54, 1.807) is 41.2 Å². The minimum Gasteiger partial charge on any atom is -0.443 e. The van der Waals surface area contributed by atoms with Gasteiger partial charge in [0.1, 0.15) is 17.7 Å². The van der Waals surface area contributed by atoms with Gasteiger partial charge in [-0.2, -0.15) is 18.3 Å². The second kappa shape index (κ2) is 8.69. The second-order valence-electron chi connectivity index (χ2n) is 7.57. The summed E-state index contributed by atoms with van der Waals surface area (Å²) in [6.07, 6.45) is 0.987. The Morgan fingerprint density at radius 1 is 1.06 bits per heavy atom. The van der Waals surface area contributed by atoms with Gasteiger partial charge in [-0.25, -0.2) is 23.7 Å². The number of amides is 2. The van der Waals surface area contributed by atoms with E-state index in [0.29, 0.717) is 45.8 Å². The van der Waals surface area contributed by atoms with Crippen LogP contribution in [0.15, 0.2) is 72.0 Å². The molecule has 0 aliphatic carbocycles. The van der Waals surface area contributed by atoms with Crippen LogP contribution in [0.4, 0.5) is 39.5 Å². The fourth-order valence-corrected chi connectivity index (χ4v) is 3.70. The number of anilines is 3. The summed E-state index contributed by atoms with van der Waals surface area (Å²) in [4.78, 5) is 20.3. The molecular weight excluding hydrogens is 482 g/mol. The molecule has 0 aliphatic heterocycles. The van der Waals surface area contributed by atoms with Crippen molar-refractivity contribution in [1.29, 1.82) is 0 Å². The van der Waals surface area contributed by atoms with Gasteiger partial charge in [-0.05, 0) is 35.9 Å². The number of carbonyl (C=O) groups excluding carboxylic acids is 1. The van der Waals surface area contributed by atoms with Crippen molar-refractivity contribution >= 4 is 28.7 Å². The molecule has 3 heterocycles. The fourth-order valence-electron chi connectivity index (χ4n) is 3.70. The van der Waals surface area contributed by atoms with Crippen LogP contribution in [0.5, 0.6) is 0 Å². The lowest BCUT2D eigenvalue weighted by Gasteiger charge is -2.12. The van der Waals surface area contributed by atoms with Crippen molar-refractivity contribution in [3.8, 4) is 22.5 Å². The predicted molar refractivity (Wildman–Crippen MR) is 122 cm³/mol. The van der Waals surface area contributed by atoms with E-state index < -0.39 is 23.6 Å². The van der Waals surface area contributed by atoms with Crippen LogP contribution < -0.4 is 16.4 Å². The first-order valence-corrected chi connectivity index (χ1v) is 10.3. The smallest absolute Gasteiger partial charge is 0.419 e. The number of nitrogen functional groups attached to an aromatic ring is 1. The van der Waals surface area contributed by atoms with E-state index in [2.05, 4.69) is 25.7 Å². The average Bonchev–Trinajstić information content (AvgIpc) is 3.49. The van der Waals surface area contributed by atoms with Gasteiger partial charge in [-0.1, -0.05) is 12.1 Å². The van der Waals surface area contributed by atoms with Gasteiger partial charge in [0.25, 0.3) is 0 Å². The van der Waals surface area contributed by atoms with E-state index >= 15 is 0 Å². The molecule has 0 bridgehead atoms. The normalized spacial score (nSPS) is 11.6. The summed E-state index contributed by atoms with van der Waals surface area (Å²) in [6.45, 7) is 0. The monoisotopic (exact) mass is 497 g/mol. The van der Waals surface area contributed by atoms with Crippen molar-refractivity contribution in [3.63, 3.8) is 0 Å². The topological polar surface area (TPSA) is 123 Å². The Bertz CT molecular complexity index is 1560. The first kappa shape index (κ1) is 22.8. The Labute approximate surface area is 199 Å². The van der Waals surface area contributed by atoms with Crippen LogP contribution in [0.1, 0.15) is 5.56 Å². The number of halogens is 4. The van der Waals surface area contributed by atoms with E-state index in [1.807, 2.05) is 0 Å². The zero-order valence-electron chi connectivity index (χ0n) is 18.0. The molecule has 2 amide bonds. The summed E-state index contributed by atoms with van der Waals surface area (Å²) < 4.78 is 59.2. The summed E-state index contributed by atoms with van der Waals surface area (Å²) >= 11 is 0.